The number of anilines is 1. The van der Waals surface area contributed by atoms with Gasteiger partial charge in [-0.25, -0.2) is 9.78 Å². The molecule has 1 heterocycles. The van der Waals surface area contributed by atoms with Crippen LogP contribution in [0.2, 0.25) is 5.15 Å². The number of carbonyl (C=O) groups excluding carboxylic acids is 1. The van der Waals surface area contributed by atoms with Crippen LogP contribution in [-0.2, 0) is 4.74 Å². The minimum Gasteiger partial charge on any atom is -0.465 e. The van der Waals surface area contributed by atoms with Gasteiger partial charge in [0, 0.05) is 18.8 Å². The SMILES string of the molecule is CCC(CSC)N(C)c1nc(Cl)c(C(=O)OC)s1. The van der Waals surface area contributed by atoms with Gasteiger partial charge in [-0.1, -0.05) is 29.9 Å². The number of halogens is 1. The van der Waals surface area contributed by atoms with Gasteiger partial charge in [-0.15, -0.1) is 0 Å². The molecule has 0 fully saturated rings. The molecule has 0 saturated heterocycles. The molecule has 102 valence electrons. The van der Waals surface area contributed by atoms with Gasteiger partial charge in [-0.2, -0.15) is 11.8 Å². The van der Waals surface area contributed by atoms with Gasteiger partial charge in [-0.05, 0) is 12.7 Å². The van der Waals surface area contributed by atoms with Gasteiger partial charge in [-0.3, -0.25) is 0 Å². The van der Waals surface area contributed by atoms with Gasteiger partial charge in [0.15, 0.2) is 15.2 Å². The van der Waals surface area contributed by atoms with Crippen LogP contribution in [-0.4, -0.2) is 43.2 Å². The summed E-state index contributed by atoms with van der Waals surface area (Å²) in [5.74, 6) is 0.577. The van der Waals surface area contributed by atoms with E-state index in [2.05, 4.69) is 27.8 Å². The number of esters is 1. The quantitative estimate of drug-likeness (QED) is 0.755. The lowest BCUT2D eigenvalue weighted by atomic mass is 10.2. The Balaban J connectivity index is 2.92. The minimum absolute atomic E-state index is 0.215. The molecule has 1 unspecified atom stereocenters. The van der Waals surface area contributed by atoms with Gasteiger partial charge >= 0.3 is 5.97 Å². The fraction of sp³-hybridized carbons (Fsp3) is 0.636. The summed E-state index contributed by atoms with van der Waals surface area (Å²) in [5.41, 5.74) is 0. The molecule has 1 aromatic heterocycles. The minimum atomic E-state index is -0.435. The van der Waals surface area contributed by atoms with Gasteiger partial charge in [0.25, 0.3) is 0 Å². The highest BCUT2D eigenvalue weighted by Gasteiger charge is 2.22. The third-order valence-electron chi connectivity index (χ3n) is 2.63. The second-order valence-electron chi connectivity index (χ2n) is 3.74. The lowest BCUT2D eigenvalue weighted by Gasteiger charge is -2.25. The molecule has 4 nitrogen and oxygen atoms in total. The molecule has 0 bridgehead atoms. The van der Waals surface area contributed by atoms with Crippen LogP contribution in [0, 0.1) is 0 Å². The molecule has 0 aliphatic carbocycles. The third-order valence-corrected chi connectivity index (χ3v) is 4.85. The topological polar surface area (TPSA) is 42.4 Å². The molecular weight excluding hydrogens is 292 g/mol. The molecule has 0 radical (unpaired) electrons. The van der Waals surface area contributed by atoms with E-state index in [1.807, 2.05) is 7.05 Å². The van der Waals surface area contributed by atoms with E-state index in [0.29, 0.717) is 10.9 Å². The van der Waals surface area contributed by atoms with Crippen molar-refractivity contribution in [2.75, 3.05) is 31.1 Å². The van der Waals surface area contributed by atoms with Crippen molar-refractivity contribution in [3.8, 4) is 0 Å². The molecule has 0 aliphatic heterocycles. The zero-order valence-corrected chi connectivity index (χ0v) is 13.3. The van der Waals surface area contributed by atoms with E-state index in [-0.39, 0.29) is 5.15 Å². The zero-order chi connectivity index (χ0) is 13.7. The maximum Gasteiger partial charge on any atom is 0.351 e. The molecule has 0 amide bonds. The molecule has 0 N–H and O–H groups in total. The standard InChI is InChI=1S/C11H17ClN2O2S2/c1-5-7(6-17-4)14(2)11-13-9(12)8(18-11)10(15)16-3/h7H,5-6H2,1-4H3. The predicted octanol–water partition coefficient (Wildman–Crippen LogP) is 3.16. The van der Waals surface area contributed by atoms with Crippen molar-refractivity contribution in [2.24, 2.45) is 0 Å². The molecule has 0 aromatic carbocycles. The Morgan fingerprint density at radius 1 is 1.67 bits per heavy atom. The Hall–Kier alpha value is -0.460. The first-order valence-corrected chi connectivity index (χ1v) is 8.10. The van der Waals surface area contributed by atoms with E-state index in [1.54, 1.807) is 11.8 Å². The maximum atomic E-state index is 11.5. The van der Waals surface area contributed by atoms with Gasteiger partial charge < -0.3 is 9.64 Å². The molecule has 0 spiro atoms. The fourth-order valence-corrected chi connectivity index (χ4v) is 3.59. The summed E-state index contributed by atoms with van der Waals surface area (Å²) in [6.45, 7) is 2.13. The summed E-state index contributed by atoms with van der Waals surface area (Å²) in [6, 6.07) is 0.382. The molecule has 1 atom stereocenters. The highest BCUT2D eigenvalue weighted by Crippen LogP contribution is 2.31. The largest absolute Gasteiger partial charge is 0.465 e. The Bertz CT molecular complexity index is 412. The molecule has 1 aromatic rings. The summed E-state index contributed by atoms with van der Waals surface area (Å²) in [4.78, 5) is 18.1. The number of thioether (sulfide) groups is 1. The summed E-state index contributed by atoms with van der Waals surface area (Å²) in [6.07, 6.45) is 3.09. The van der Waals surface area contributed by atoms with Crippen LogP contribution in [0.4, 0.5) is 5.13 Å². The van der Waals surface area contributed by atoms with Crippen molar-refractivity contribution in [1.29, 1.82) is 0 Å². The monoisotopic (exact) mass is 308 g/mol. The van der Waals surface area contributed by atoms with E-state index in [1.165, 1.54) is 18.4 Å². The zero-order valence-electron chi connectivity index (χ0n) is 10.9. The predicted molar refractivity (Wildman–Crippen MR) is 79.3 cm³/mol. The summed E-state index contributed by atoms with van der Waals surface area (Å²) in [5, 5.41) is 0.967. The molecule has 1 rings (SSSR count). The van der Waals surface area contributed by atoms with Crippen molar-refractivity contribution in [1.82, 2.24) is 4.98 Å². The number of methoxy groups -OCH3 is 1. The van der Waals surface area contributed by atoms with Crippen LogP contribution in [0.3, 0.4) is 0 Å². The third kappa shape index (κ3) is 3.52. The normalized spacial score (nSPS) is 12.3. The molecule has 0 aliphatic rings. The molecule has 18 heavy (non-hydrogen) atoms. The first kappa shape index (κ1) is 15.6. The Morgan fingerprint density at radius 2 is 2.33 bits per heavy atom. The number of hydrogen-bond acceptors (Lipinski definition) is 6. The lowest BCUT2D eigenvalue weighted by Crippen LogP contribution is -2.32. The van der Waals surface area contributed by atoms with E-state index in [9.17, 15) is 4.79 Å². The lowest BCUT2D eigenvalue weighted by molar-refractivity contribution is 0.0606. The average molecular weight is 309 g/mol. The van der Waals surface area contributed by atoms with Crippen molar-refractivity contribution in [2.45, 2.75) is 19.4 Å². The van der Waals surface area contributed by atoms with Crippen LogP contribution in [0.15, 0.2) is 0 Å². The van der Waals surface area contributed by atoms with E-state index in [0.717, 1.165) is 17.3 Å². The molecule has 0 saturated carbocycles. The van der Waals surface area contributed by atoms with Gasteiger partial charge in [0.05, 0.1) is 7.11 Å². The molecule has 7 heteroatoms. The number of thiazole rings is 1. The first-order valence-electron chi connectivity index (χ1n) is 5.51. The van der Waals surface area contributed by atoms with E-state index in [4.69, 9.17) is 11.6 Å². The summed E-state index contributed by atoms with van der Waals surface area (Å²) < 4.78 is 4.67. The smallest absolute Gasteiger partial charge is 0.351 e. The Labute approximate surface area is 121 Å². The second kappa shape index (κ2) is 7.21. The number of ether oxygens (including phenoxy) is 1. The van der Waals surface area contributed by atoms with Crippen molar-refractivity contribution in [3.05, 3.63) is 10.0 Å². The second-order valence-corrected chi connectivity index (χ2v) is 5.98. The number of rotatable bonds is 6. The Kier molecular flexibility index (Phi) is 6.25. The number of aromatic nitrogens is 1. The van der Waals surface area contributed by atoms with Crippen LogP contribution >= 0.6 is 34.7 Å². The Morgan fingerprint density at radius 3 is 2.83 bits per heavy atom. The number of nitrogens with zero attached hydrogens (tertiary/aromatic N) is 2. The maximum absolute atomic E-state index is 11.5. The van der Waals surface area contributed by atoms with Crippen LogP contribution in [0.1, 0.15) is 23.0 Å². The van der Waals surface area contributed by atoms with E-state index >= 15 is 0 Å². The molecular formula is C11H17ClN2O2S2. The van der Waals surface area contributed by atoms with Crippen molar-refractivity contribution in [3.63, 3.8) is 0 Å². The summed E-state index contributed by atoms with van der Waals surface area (Å²) in [7, 11) is 3.31. The highest BCUT2D eigenvalue weighted by molar-refractivity contribution is 7.98. The van der Waals surface area contributed by atoms with Crippen molar-refractivity contribution >= 4 is 45.8 Å². The number of carbonyl (C=O) groups is 1. The van der Waals surface area contributed by atoms with Gasteiger partial charge in [0.2, 0.25) is 0 Å². The van der Waals surface area contributed by atoms with Crippen LogP contribution < -0.4 is 4.90 Å². The van der Waals surface area contributed by atoms with Crippen molar-refractivity contribution < 1.29 is 9.53 Å². The fourth-order valence-electron chi connectivity index (χ4n) is 1.51. The number of hydrogen-bond donors (Lipinski definition) is 0. The highest BCUT2D eigenvalue weighted by atomic mass is 35.5. The average Bonchev–Trinajstić information content (AvgIpc) is 2.76. The van der Waals surface area contributed by atoms with Gasteiger partial charge in [0.1, 0.15) is 0 Å². The van der Waals surface area contributed by atoms with Crippen LogP contribution in [0.25, 0.3) is 0 Å². The van der Waals surface area contributed by atoms with Crippen LogP contribution in [0.5, 0.6) is 0 Å². The first-order chi connectivity index (χ1) is 8.54. The summed E-state index contributed by atoms with van der Waals surface area (Å²) >= 11 is 9.01. The van der Waals surface area contributed by atoms with E-state index < -0.39 is 5.97 Å².